The van der Waals surface area contributed by atoms with Gasteiger partial charge in [0.2, 0.25) is 0 Å². The van der Waals surface area contributed by atoms with Crippen LogP contribution in [0, 0.1) is 6.92 Å². The van der Waals surface area contributed by atoms with Crippen LogP contribution >= 0.6 is 0 Å². The number of pyridine rings is 1. The van der Waals surface area contributed by atoms with E-state index in [2.05, 4.69) is 71.7 Å². The Morgan fingerprint density at radius 3 is 2.62 bits per heavy atom. The number of anilines is 1. The molecule has 1 N–H and O–H groups in total. The number of benzene rings is 2. The van der Waals surface area contributed by atoms with Gasteiger partial charge in [-0.3, -0.25) is 0 Å². The van der Waals surface area contributed by atoms with Crippen LogP contribution in [-0.2, 0) is 12.8 Å². The van der Waals surface area contributed by atoms with Gasteiger partial charge in [-0.25, -0.2) is 4.98 Å². The van der Waals surface area contributed by atoms with Crippen molar-refractivity contribution in [3.63, 3.8) is 0 Å². The Morgan fingerprint density at radius 1 is 0.966 bits per heavy atom. The first kappa shape index (κ1) is 18.4. The summed E-state index contributed by atoms with van der Waals surface area (Å²) in [6.07, 6.45) is 4.57. The molecule has 1 aliphatic carbocycles. The smallest absolute Gasteiger partial charge is 0.134 e. The summed E-state index contributed by atoms with van der Waals surface area (Å²) in [5.41, 5.74) is 9.32. The summed E-state index contributed by atoms with van der Waals surface area (Å²) in [6.45, 7) is 6.71. The third-order valence-corrected chi connectivity index (χ3v) is 6.21. The molecule has 1 aliphatic heterocycles. The van der Waals surface area contributed by atoms with Crippen LogP contribution in [0.15, 0.2) is 54.6 Å². The van der Waals surface area contributed by atoms with Crippen LogP contribution in [0.4, 0.5) is 5.82 Å². The van der Waals surface area contributed by atoms with Gasteiger partial charge in [0.25, 0.3) is 0 Å². The molecule has 0 unspecified atom stereocenters. The zero-order valence-corrected chi connectivity index (χ0v) is 17.2. The van der Waals surface area contributed by atoms with Crippen molar-refractivity contribution in [2.75, 3.05) is 31.5 Å². The number of rotatable bonds is 6. The molecule has 3 heteroatoms. The van der Waals surface area contributed by atoms with Crippen LogP contribution in [0.25, 0.3) is 11.1 Å². The Hall–Kier alpha value is -2.65. The Kier molecular flexibility index (Phi) is 5.07. The quantitative estimate of drug-likeness (QED) is 0.504. The van der Waals surface area contributed by atoms with E-state index < -0.39 is 0 Å². The standard InChI is InChI=1S/C26H29N3/c1-19-9-10-24-21(15-19)17-22-18-23(16-20-7-3-2-4-8-20)28-26(25(22)24)27-11-14-29-12-5-6-13-29/h2-4,7-10,15,18H,5-6,11-14,16-17H2,1H3,(H,27,28). The first-order valence-corrected chi connectivity index (χ1v) is 10.9. The fraction of sp³-hybridized carbons (Fsp3) is 0.346. The van der Waals surface area contributed by atoms with E-state index in [9.17, 15) is 0 Å². The summed E-state index contributed by atoms with van der Waals surface area (Å²) < 4.78 is 0. The second-order valence-electron chi connectivity index (χ2n) is 8.47. The Labute approximate surface area is 173 Å². The molecular weight excluding hydrogens is 354 g/mol. The third kappa shape index (κ3) is 3.92. The van der Waals surface area contributed by atoms with E-state index in [0.717, 1.165) is 37.4 Å². The second kappa shape index (κ2) is 8.00. The molecule has 0 amide bonds. The van der Waals surface area contributed by atoms with E-state index in [1.54, 1.807) is 0 Å². The molecule has 0 saturated carbocycles. The number of nitrogens with one attached hydrogen (secondary N) is 1. The molecular formula is C26H29N3. The minimum Gasteiger partial charge on any atom is -0.368 e. The molecule has 2 aromatic carbocycles. The number of likely N-dealkylation sites (tertiary alicyclic amines) is 1. The number of aryl methyl sites for hydroxylation is 1. The van der Waals surface area contributed by atoms with Gasteiger partial charge in [-0.05, 0) is 67.6 Å². The van der Waals surface area contributed by atoms with Gasteiger partial charge in [-0.1, -0.05) is 54.1 Å². The van der Waals surface area contributed by atoms with Gasteiger partial charge in [0.15, 0.2) is 0 Å². The number of hydrogen-bond donors (Lipinski definition) is 1. The summed E-state index contributed by atoms with van der Waals surface area (Å²) >= 11 is 0. The number of fused-ring (bicyclic) bond motifs is 3. The SMILES string of the molecule is Cc1ccc2c(c1)Cc1cc(Cc3ccccc3)nc(NCCN3CCCC3)c1-2. The van der Waals surface area contributed by atoms with E-state index >= 15 is 0 Å². The van der Waals surface area contributed by atoms with Gasteiger partial charge >= 0.3 is 0 Å². The Morgan fingerprint density at radius 2 is 1.79 bits per heavy atom. The van der Waals surface area contributed by atoms with Gasteiger partial charge in [0.1, 0.15) is 5.82 Å². The summed E-state index contributed by atoms with van der Waals surface area (Å²) in [6, 6.07) is 19.8. The fourth-order valence-electron chi connectivity index (χ4n) is 4.78. The Bertz CT molecular complexity index is 1000. The highest BCUT2D eigenvalue weighted by molar-refractivity contribution is 5.85. The lowest BCUT2D eigenvalue weighted by Crippen LogP contribution is -2.26. The normalized spacial score (nSPS) is 15.3. The average Bonchev–Trinajstić information content (AvgIpc) is 3.35. The highest BCUT2D eigenvalue weighted by Gasteiger charge is 2.24. The molecule has 0 spiro atoms. The second-order valence-corrected chi connectivity index (χ2v) is 8.47. The number of hydrogen-bond acceptors (Lipinski definition) is 3. The molecule has 2 heterocycles. The maximum absolute atomic E-state index is 5.10. The van der Waals surface area contributed by atoms with E-state index in [4.69, 9.17) is 4.98 Å². The van der Waals surface area contributed by atoms with E-state index in [1.165, 1.54) is 59.3 Å². The molecule has 3 aromatic rings. The summed E-state index contributed by atoms with van der Waals surface area (Å²) in [7, 11) is 0. The predicted molar refractivity (Wildman–Crippen MR) is 121 cm³/mol. The minimum absolute atomic E-state index is 0.879. The lowest BCUT2D eigenvalue weighted by atomic mass is 10.0. The van der Waals surface area contributed by atoms with Crippen LogP contribution in [0.2, 0.25) is 0 Å². The topological polar surface area (TPSA) is 28.2 Å². The van der Waals surface area contributed by atoms with Crippen molar-refractivity contribution < 1.29 is 0 Å². The van der Waals surface area contributed by atoms with Crippen LogP contribution in [-0.4, -0.2) is 36.1 Å². The molecule has 0 bridgehead atoms. The maximum atomic E-state index is 5.10. The van der Waals surface area contributed by atoms with Gasteiger partial charge < -0.3 is 10.2 Å². The maximum Gasteiger partial charge on any atom is 0.134 e. The molecule has 148 valence electrons. The molecule has 1 fully saturated rings. The molecule has 1 aromatic heterocycles. The minimum atomic E-state index is 0.879. The zero-order chi connectivity index (χ0) is 19.6. The van der Waals surface area contributed by atoms with E-state index in [-0.39, 0.29) is 0 Å². The van der Waals surface area contributed by atoms with Gasteiger partial charge in [0, 0.05) is 30.8 Å². The van der Waals surface area contributed by atoms with Crippen molar-refractivity contribution >= 4 is 5.82 Å². The van der Waals surface area contributed by atoms with Crippen molar-refractivity contribution in [1.29, 1.82) is 0 Å². The van der Waals surface area contributed by atoms with Crippen LogP contribution in [0.1, 0.15) is 40.8 Å². The lowest BCUT2D eigenvalue weighted by Gasteiger charge is -2.17. The lowest BCUT2D eigenvalue weighted by molar-refractivity contribution is 0.352. The van der Waals surface area contributed by atoms with Crippen LogP contribution in [0.3, 0.4) is 0 Å². The molecule has 0 radical (unpaired) electrons. The largest absolute Gasteiger partial charge is 0.368 e. The molecule has 0 atom stereocenters. The highest BCUT2D eigenvalue weighted by atomic mass is 15.2. The van der Waals surface area contributed by atoms with Gasteiger partial charge in [0.05, 0.1) is 0 Å². The number of aromatic nitrogens is 1. The first-order valence-electron chi connectivity index (χ1n) is 10.9. The van der Waals surface area contributed by atoms with Crippen molar-refractivity contribution in [2.24, 2.45) is 0 Å². The summed E-state index contributed by atoms with van der Waals surface area (Å²) in [5, 5.41) is 3.70. The number of nitrogens with zero attached hydrogens (tertiary/aromatic N) is 2. The Balaban J connectivity index is 1.45. The van der Waals surface area contributed by atoms with Crippen molar-refractivity contribution in [2.45, 2.75) is 32.6 Å². The van der Waals surface area contributed by atoms with Crippen molar-refractivity contribution in [3.8, 4) is 11.1 Å². The molecule has 1 saturated heterocycles. The highest BCUT2D eigenvalue weighted by Crippen LogP contribution is 2.41. The molecule has 29 heavy (non-hydrogen) atoms. The van der Waals surface area contributed by atoms with E-state index in [1.807, 2.05) is 0 Å². The predicted octanol–water partition coefficient (Wildman–Crippen LogP) is 5.06. The van der Waals surface area contributed by atoms with Crippen LogP contribution < -0.4 is 5.32 Å². The summed E-state index contributed by atoms with van der Waals surface area (Å²) in [4.78, 5) is 7.65. The molecule has 2 aliphatic rings. The monoisotopic (exact) mass is 383 g/mol. The fourth-order valence-corrected chi connectivity index (χ4v) is 4.78. The molecule has 5 rings (SSSR count). The van der Waals surface area contributed by atoms with Crippen molar-refractivity contribution in [3.05, 3.63) is 82.5 Å². The van der Waals surface area contributed by atoms with Crippen LogP contribution in [0.5, 0.6) is 0 Å². The first-order chi connectivity index (χ1) is 14.3. The van der Waals surface area contributed by atoms with Gasteiger partial charge in [-0.2, -0.15) is 0 Å². The van der Waals surface area contributed by atoms with E-state index in [0.29, 0.717) is 0 Å². The van der Waals surface area contributed by atoms with Gasteiger partial charge in [-0.15, -0.1) is 0 Å². The third-order valence-electron chi connectivity index (χ3n) is 6.21. The van der Waals surface area contributed by atoms with Crippen molar-refractivity contribution in [1.82, 2.24) is 9.88 Å². The average molecular weight is 384 g/mol. The summed E-state index contributed by atoms with van der Waals surface area (Å²) in [5.74, 6) is 1.07. The molecule has 3 nitrogen and oxygen atoms in total. The zero-order valence-electron chi connectivity index (χ0n) is 17.2.